The number of rotatable bonds is 2. The third-order valence-electron chi connectivity index (χ3n) is 3.09. The fraction of sp³-hybridized carbons (Fsp3) is 0.125. The Bertz CT molecular complexity index is 683. The van der Waals surface area contributed by atoms with Crippen LogP contribution in [-0.2, 0) is 6.42 Å². The van der Waals surface area contributed by atoms with E-state index in [1.807, 2.05) is 12.3 Å². The maximum absolute atomic E-state index is 5.66. The number of hydrogen-bond donors (Lipinski definition) is 0. The molecule has 1 aromatic heterocycles. The van der Waals surface area contributed by atoms with Crippen LogP contribution in [0.2, 0.25) is 0 Å². The first-order valence-corrected chi connectivity index (χ1v) is 6.73. The largest absolute Gasteiger partial charge is 0.463 e. The lowest BCUT2D eigenvalue weighted by molar-refractivity contribution is 0.610. The molecular formula is C16H13BrO. The number of fused-ring (bicyclic) bond motifs is 1. The fourth-order valence-corrected chi connectivity index (χ4v) is 2.90. The summed E-state index contributed by atoms with van der Waals surface area (Å²) in [5.74, 6) is 0. The quantitative estimate of drug-likeness (QED) is 0.642. The molecule has 0 fully saturated rings. The minimum Gasteiger partial charge on any atom is -0.463 e. The molecule has 0 bridgehead atoms. The highest BCUT2D eigenvalue weighted by molar-refractivity contribution is 9.10. The van der Waals surface area contributed by atoms with Crippen molar-refractivity contribution in [3.05, 3.63) is 69.9 Å². The Kier molecular flexibility index (Phi) is 2.96. The Labute approximate surface area is 115 Å². The molecule has 3 rings (SSSR count). The Morgan fingerprint density at radius 1 is 1.11 bits per heavy atom. The summed E-state index contributed by atoms with van der Waals surface area (Å²) >= 11 is 3.55. The standard InChI is InChI=1S/C16H13BrO/c1-11-7-14-13(9-12-5-3-2-4-6-12)10-18-16(14)15(17)8-11/h2-8,10H,9H2,1H3. The molecule has 1 heterocycles. The van der Waals surface area contributed by atoms with Gasteiger partial charge in [0, 0.05) is 17.4 Å². The molecule has 0 atom stereocenters. The Morgan fingerprint density at radius 2 is 1.89 bits per heavy atom. The van der Waals surface area contributed by atoms with E-state index in [0.717, 1.165) is 16.5 Å². The highest BCUT2D eigenvalue weighted by Gasteiger charge is 2.10. The van der Waals surface area contributed by atoms with Crippen LogP contribution in [0, 0.1) is 6.92 Å². The zero-order chi connectivity index (χ0) is 12.5. The number of benzene rings is 2. The van der Waals surface area contributed by atoms with Crippen molar-refractivity contribution in [1.82, 2.24) is 0 Å². The third-order valence-corrected chi connectivity index (χ3v) is 3.68. The molecule has 3 aromatic rings. The van der Waals surface area contributed by atoms with Crippen LogP contribution in [0.4, 0.5) is 0 Å². The summed E-state index contributed by atoms with van der Waals surface area (Å²) in [6.45, 7) is 2.10. The highest BCUT2D eigenvalue weighted by atomic mass is 79.9. The first-order valence-electron chi connectivity index (χ1n) is 5.94. The molecule has 0 saturated carbocycles. The van der Waals surface area contributed by atoms with Gasteiger partial charge in [-0.05, 0) is 46.1 Å². The molecule has 0 aliphatic rings. The summed E-state index contributed by atoms with van der Waals surface area (Å²) in [7, 11) is 0. The van der Waals surface area contributed by atoms with E-state index < -0.39 is 0 Å². The second-order valence-corrected chi connectivity index (χ2v) is 5.40. The first kappa shape index (κ1) is 11.5. The van der Waals surface area contributed by atoms with Crippen LogP contribution >= 0.6 is 15.9 Å². The van der Waals surface area contributed by atoms with Crippen molar-refractivity contribution in [3.63, 3.8) is 0 Å². The number of halogens is 1. The van der Waals surface area contributed by atoms with Crippen molar-refractivity contribution in [2.75, 3.05) is 0 Å². The van der Waals surface area contributed by atoms with Gasteiger partial charge in [-0.1, -0.05) is 30.3 Å². The molecule has 0 radical (unpaired) electrons. The summed E-state index contributed by atoms with van der Waals surface area (Å²) in [5.41, 5.74) is 4.72. The molecule has 18 heavy (non-hydrogen) atoms. The molecule has 2 heteroatoms. The monoisotopic (exact) mass is 300 g/mol. The van der Waals surface area contributed by atoms with Crippen LogP contribution in [0.15, 0.2) is 57.6 Å². The Morgan fingerprint density at radius 3 is 2.67 bits per heavy atom. The van der Waals surface area contributed by atoms with Crippen LogP contribution < -0.4 is 0 Å². The Hall–Kier alpha value is -1.54. The van der Waals surface area contributed by atoms with Crippen molar-refractivity contribution >= 4 is 26.9 Å². The van der Waals surface area contributed by atoms with Gasteiger partial charge in [-0.2, -0.15) is 0 Å². The Balaban J connectivity index is 2.08. The van der Waals surface area contributed by atoms with Crippen LogP contribution in [0.1, 0.15) is 16.7 Å². The topological polar surface area (TPSA) is 13.1 Å². The molecule has 0 saturated heterocycles. The van der Waals surface area contributed by atoms with E-state index in [1.54, 1.807) is 0 Å². The van der Waals surface area contributed by atoms with Gasteiger partial charge in [0.05, 0.1) is 10.7 Å². The zero-order valence-electron chi connectivity index (χ0n) is 10.1. The predicted molar refractivity (Wildman–Crippen MR) is 77.9 cm³/mol. The molecule has 0 spiro atoms. The molecule has 0 N–H and O–H groups in total. The van der Waals surface area contributed by atoms with E-state index in [4.69, 9.17) is 4.42 Å². The van der Waals surface area contributed by atoms with Gasteiger partial charge in [0.2, 0.25) is 0 Å². The van der Waals surface area contributed by atoms with Gasteiger partial charge in [0.25, 0.3) is 0 Å². The molecule has 90 valence electrons. The second kappa shape index (κ2) is 4.62. The van der Waals surface area contributed by atoms with Gasteiger partial charge in [0.15, 0.2) is 0 Å². The van der Waals surface area contributed by atoms with E-state index in [1.165, 1.54) is 22.1 Å². The van der Waals surface area contributed by atoms with Crippen molar-refractivity contribution in [3.8, 4) is 0 Å². The number of furan rings is 1. The number of aryl methyl sites for hydroxylation is 1. The molecule has 0 aliphatic heterocycles. The zero-order valence-corrected chi connectivity index (χ0v) is 11.7. The summed E-state index contributed by atoms with van der Waals surface area (Å²) in [5, 5.41) is 1.20. The van der Waals surface area contributed by atoms with Crippen LogP contribution in [-0.4, -0.2) is 0 Å². The molecule has 1 nitrogen and oxygen atoms in total. The van der Waals surface area contributed by atoms with Gasteiger partial charge in [0.1, 0.15) is 5.58 Å². The molecule has 0 aliphatic carbocycles. The maximum atomic E-state index is 5.66. The maximum Gasteiger partial charge on any atom is 0.148 e. The third kappa shape index (κ3) is 2.08. The fourth-order valence-electron chi connectivity index (χ4n) is 2.23. The van der Waals surface area contributed by atoms with Gasteiger partial charge < -0.3 is 4.42 Å². The number of hydrogen-bond acceptors (Lipinski definition) is 1. The van der Waals surface area contributed by atoms with Gasteiger partial charge >= 0.3 is 0 Å². The predicted octanol–water partition coefficient (Wildman–Crippen LogP) is 5.09. The van der Waals surface area contributed by atoms with E-state index in [-0.39, 0.29) is 0 Å². The van der Waals surface area contributed by atoms with E-state index in [9.17, 15) is 0 Å². The van der Waals surface area contributed by atoms with Crippen molar-refractivity contribution < 1.29 is 4.42 Å². The van der Waals surface area contributed by atoms with Crippen molar-refractivity contribution in [1.29, 1.82) is 0 Å². The van der Waals surface area contributed by atoms with Gasteiger partial charge in [-0.15, -0.1) is 0 Å². The van der Waals surface area contributed by atoms with E-state index >= 15 is 0 Å². The van der Waals surface area contributed by atoms with E-state index in [0.29, 0.717) is 0 Å². The lowest BCUT2D eigenvalue weighted by atomic mass is 10.0. The van der Waals surface area contributed by atoms with Crippen molar-refractivity contribution in [2.24, 2.45) is 0 Å². The van der Waals surface area contributed by atoms with Gasteiger partial charge in [-0.3, -0.25) is 0 Å². The van der Waals surface area contributed by atoms with E-state index in [2.05, 4.69) is 59.3 Å². The molecular weight excluding hydrogens is 288 g/mol. The SMILES string of the molecule is Cc1cc(Br)c2occ(Cc3ccccc3)c2c1. The molecule has 0 amide bonds. The van der Waals surface area contributed by atoms with Crippen LogP contribution in [0.3, 0.4) is 0 Å². The minimum atomic E-state index is 0.906. The summed E-state index contributed by atoms with van der Waals surface area (Å²) < 4.78 is 6.68. The van der Waals surface area contributed by atoms with Crippen molar-refractivity contribution in [2.45, 2.75) is 13.3 Å². The summed E-state index contributed by atoms with van der Waals surface area (Å²) in [4.78, 5) is 0. The minimum absolute atomic E-state index is 0.906. The summed E-state index contributed by atoms with van der Waals surface area (Å²) in [6.07, 6.45) is 2.77. The van der Waals surface area contributed by atoms with Crippen LogP contribution in [0.5, 0.6) is 0 Å². The molecule has 0 unspecified atom stereocenters. The average molecular weight is 301 g/mol. The average Bonchev–Trinajstić information content (AvgIpc) is 2.74. The first-order chi connectivity index (χ1) is 8.74. The smallest absolute Gasteiger partial charge is 0.148 e. The lowest BCUT2D eigenvalue weighted by Crippen LogP contribution is -1.86. The second-order valence-electron chi connectivity index (χ2n) is 4.55. The lowest BCUT2D eigenvalue weighted by Gasteiger charge is -2.01. The normalized spacial score (nSPS) is 11.0. The van der Waals surface area contributed by atoms with Crippen LogP contribution in [0.25, 0.3) is 11.0 Å². The molecule has 2 aromatic carbocycles. The summed E-state index contributed by atoms with van der Waals surface area (Å²) in [6, 6.07) is 14.7. The van der Waals surface area contributed by atoms with Gasteiger partial charge in [-0.25, -0.2) is 0 Å². The highest BCUT2D eigenvalue weighted by Crippen LogP contribution is 2.30.